The Bertz CT molecular complexity index is 636. The van der Waals surface area contributed by atoms with Gasteiger partial charge in [0.15, 0.2) is 0 Å². The summed E-state index contributed by atoms with van der Waals surface area (Å²) in [6, 6.07) is 8.11. The van der Waals surface area contributed by atoms with Crippen LogP contribution in [0.15, 0.2) is 24.3 Å². The van der Waals surface area contributed by atoms with Crippen LogP contribution in [0.5, 0.6) is 5.75 Å². The summed E-state index contributed by atoms with van der Waals surface area (Å²) in [6.45, 7) is 6.80. The fourth-order valence-corrected chi connectivity index (χ4v) is 2.52. The molecule has 3 rings (SSSR count). The van der Waals surface area contributed by atoms with Crippen LogP contribution in [-0.4, -0.2) is 31.9 Å². The number of methoxy groups -OCH3 is 1. The number of nitrogens with one attached hydrogen (secondary N) is 1. The van der Waals surface area contributed by atoms with Gasteiger partial charge in [0.1, 0.15) is 11.3 Å². The van der Waals surface area contributed by atoms with E-state index < -0.39 is 0 Å². The lowest BCUT2D eigenvalue weighted by Crippen LogP contribution is -2.45. The molecule has 2 aromatic rings. The first-order valence-electron chi connectivity index (χ1n) is 6.87. The van der Waals surface area contributed by atoms with Crippen molar-refractivity contribution in [1.82, 2.24) is 4.98 Å². The first-order valence-corrected chi connectivity index (χ1v) is 6.87. The summed E-state index contributed by atoms with van der Waals surface area (Å²) in [7, 11) is 1.68. The minimum absolute atomic E-state index is 0.238. The Labute approximate surface area is 119 Å². The van der Waals surface area contributed by atoms with Crippen molar-refractivity contribution in [2.45, 2.75) is 13.8 Å². The van der Waals surface area contributed by atoms with Gasteiger partial charge in [0, 0.05) is 28.7 Å². The molecule has 4 heteroatoms. The molecule has 4 nitrogen and oxygen atoms in total. The van der Waals surface area contributed by atoms with Crippen molar-refractivity contribution < 1.29 is 9.47 Å². The average molecular weight is 272 g/mol. The minimum Gasteiger partial charge on any atom is -0.494 e. The van der Waals surface area contributed by atoms with Gasteiger partial charge in [-0.1, -0.05) is 19.1 Å². The molecule has 1 N–H and O–H groups in total. The molecular weight excluding hydrogens is 252 g/mol. The normalized spacial score (nSPS) is 16.8. The van der Waals surface area contributed by atoms with Crippen molar-refractivity contribution in [2.24, 2.45) is 5.41 Å². The number of hydrogen-bond donors (Lipinski definition) is 1. The molecule has 1 aromatic carbocycles. The Morgan fingerprint density at radius 2 is 2.20 bits per heavy atom. The van der Waals surface area contributed by atoms with E-state index in [1.165, 1.54) is 0 Å². The maximum atomic E-state index is 5.40. The Hall–Kier alpha value is -1.81. The molecule has 1 fully saturated rings. The summed E-state index contributed by atoms with van der Waals surface area (Å²) in [6.07, 6.45) is 0. The van der Waals surface area contributed by atoms with Gasteiger partial charge in [-0.3, -0.25) is 0 Å². The second-order valence-corrected chi connectivity index (χ2v) is 5.82. The molecule has 1 saturated heterocycles. The van der Waals surface area contributed by atoms with Gasteiger partial charge in [-0.05, 0) is 19.1 Å². The number of nitrogens with zero attached hydrogens (tertiary/aromatic N) is 1. The Kier molecular flexibility index (Phi) is 3.26. The van der Waals surface area contributed by atoms with E-state index in [1.54, 1.807) is 7.11 Å². The average Bonchev–Trinajstić information content (AvgIpc) is 2.42. The van der Waals surface area contributed by atoms with Gasteiger partial charge in [-0.25, -0.2) is 4.98 Å². The first-order chi connectivity index (χ1) is 9.61. The minimum atomic E-state index is 0.238. The third-order valence-electron chi connectivity index (χ3n) is 3.76. The van der Waals surface area contributed by atoms with E-state index in [0.29, 0.717) is 0 Å². The Balaban J connectivity index is 1.97. The lowest BCUT2D eigenvalue weighted by Gasteiger charge is -2.38. The van der Waals surface area contributed by atoms with Crippen LogP contribution in [0.3, 0.4) is 0 Å². The molecule has 0 saturated carbocycles. The van der Waals surface area contributed by atoms with Gasteiger partial charge in [0.05, 0.1) is 20.3 Å². The maximum Gasteiger partial charge on any atom is 0.145 e. The first kappa shape index (κ1) is 13.2. The predicted molar refractivity (Wildman–Crippen MR) is 80.4 cm³/mol. The van der Waals surface area contributed by atoms with Crippen LogP contribution in [0.2, 0.25) is 0 Å². The Morgan fingerprint density at radius 1 is 1.40 bits per heavy atom. The highest BCUT2D eigenvalue weighted by atomic mass is 16.5. The maximum absolute atomic E-state index is 5.40. The molecule has 1 aliphatic heterocycles. The largest absolute Gasteiger partial charge is 0.494 e. The van der Waals surface area contributed by atoms with E-state index in [2.05, 4.69) is 29.4 Å². The molecule has 0 radical (unpaired) electrons. The zero-order valence-electron chi connectivity index (χ0n) is 12.2. The van der Waals surface area contributed by atoms with Crippen molar-refractivity contribution >= 4 is 16.6 Å². The fraction of sp³-hybridized carbons (Fsp3) is 0.438. The van der Waals surface area contributed by atoms with E-state index in [1.807, 2.05) is 19.1 Å². The van der Waals surface area contributed by atoms with Crippen molar-refractivity contribution in [3.8, 4) is 5.75 Å². The summed E-state index contributed by atoms with van der Waals surface area (Å²) in [4.78, 5) is 4.60. The molecule has 2 heterocycles. The molecule has 1 aromatic heterocycles. The number of aromatic nitrogens is 1. The number of fused-ring (bicyclic) bond motifs is 1. The summed E-state index contributed by atoms with van der Waals surface area (Å²) in [5.41, 5.74) is 3.24. The molecule has 0 atom stereocenters. The third kappa shape index (κ3) is 2.31. The van der Waals surface area contributed by atoms with Crippen molar-refractivity contribution in [1.29, 1.82) is 0 Å². The topological polar surface area (TPSA) is 43.4 Å². The lowest BCUT2D eigenvalue weighted by molar-refractivity contribution is -0.0924. The highest BCUT2D eigenvalue weighted by Gasteiger charge is 2.33. The van der Waals surface area contributed by atoms with E-state index in [0.717, 1.165) is 47.8 Å². The highest BCUT2D eigenvalue weighted by Crippen LogP contribution is 2.32. The smallest absolute Gasteiger partial charge is 0.145 e. The Morgan fingerprint density at radius 3 is 2.85 bits per heavy atom. The van der Waals surface area contributed by atoms with Gasteiger partial charge in [-0.2, -0.15) is 0 Å². The van der Waals surface area contributed by atoms with Crippen LogP contribution in [0.1, 0.15) is 12.6 Å². The van der Waals surface area contributed by atoms with Crippen LogP contribution in [-0.2, 0) is 4.74 Å². The second kappa shape index (κ2) is 4.94. The van der Waals surface area contributed by atoms with Crippen molar-refractivity contribution in [2.75, 3.05) is 32.2 Å². The van der Waals surface area contributed by atoms with Gasteiger partial charge >= 0.3 is 0 Å². The third-order valence-corrected chi connectivity index (χ3v) is 3.76. The van der Waals surface area contributed by atoms with Crippen LogP contribution in [0.25, 0.3) is 10.9 Å². The fourth-order valence-electron chi connectivity index (χ4n) is 2.52. The standard InChI is InChI=1S/C16H20N2O2/c1-11-7-13(17-8-16(2)9-20-10-16)12-5-4-6-14(19-3)15(12)18-11/h4-7H,8-10H2,1-3H3,(H,17,18). The molecular formula is C16H20N2O2. The molecule has 0 aliphatic carbocycles. The summed E-state index contributed by atoms with van der Waals surface area (Å²) >= 11 is 0. The number of rotatable bonds is 4. The highest BCUT2D eigenvalue weighted by molar-refractivity contribution is 5.95. The quantitative estimate of drug-likeness (QED) is 0.929. The SMILES string of the molecule is COc1cccc2c(NCC3(C)COC3)cc(C)nc12. The van der Waals surface area contributed by atoms with Crippen LogP contribution >= 0.6 is 0 Å². The summed E-state index contributed by atoms with van der Waals surface area (Å²) in [5, 5.41) is 4.64. The van der Waals surface area contributed by atoms with Gasteiger partial charge in [-0.15, -0.1) is 0 Å². The lowest BCUT2D eigenvalue weighted by atomic mass is 9.88. The van der Waals surface area contributed by atoms with E-state index in [9.17, 15) is 0 Å². The number of pyridine rings is 1. The van der Waals surface area contributed by atoms with E-state index in [-0.39, 0.29) is 5.41 Å². The van der Waals surface area contributed by atoms with Crippen LogP contribution in [0, 0.1) is 12.3 Å². The van der Waals surface area contributed by atoms with Gasteiger partial charge in [0.2, 0.25) is 0 Å². The number of para-hydroxylation sites is 1. The summed E-state index contributed by atoms with van der Waals surface area (Å²) < 4.78 is 10.7. The van der Waals surface area contributed by atoms with Crippen LogP contribution in [0.4, 0.5) is 5.69 Å². The molecule has 0 unspecified atom stereocenters. The second-order valence-electron chi connectivity index (χ2n) is 5.82. The zero-order chi connectivity index (χ0) is 14.2. The molecule has 0 amide bonds. The van der Waals surface area contributed by atoms with Gasteiger partial charge < -0.3 is 14.8 Å². The monoisotopic (exact) mass is 272 g/mol. The molecule has 20 heavy (non-hydrogen) atoms. The number of anilines is 1. The van der Waals surface area contributed by atoms with Gasteiger partial charge in [0.25, 0.3) is 0 Å². The van der Waals surface area contributed by atoms with E-state index >= 15 is 0 Å². The number of ether oxygens (including phenoxy) is 2. The zero-order valence-corrected chi connectivity index (χ0v) is 12.2. The molecule has 0 spiro atoms. The number of aryl methyl sites for hydroxylation is 1. The molecule has 1 aliphatic rings. The summed E-state index contributed by atoms with van der Waals surface area (Å²) in [5.74, 6) is 0.812. The number of hydrogen-bond acceptors (Lipinski definition) is 4. The number of benzene rings is 1. The molecule has 0 bridgehead atoms. The van der Waals surface area contributed by atoms with Crippen LogP contribution < -0.4 is 10.1 Å². The molecule has 106 valence electrons. The predicted octanol–water partition coefficient (Wildman–Crippen LogP) is 3.00. The van der Waals surface area contributed by atoms with Crippen molar-refractivity contribution in [3.63, 3.8) is 0 Å². The van der Waals surface area contributed by atoms with Crippen molar-refractivity contribution in [3.05, 3.63) is 30.0 Å². The van der Waals surface area contributed by atoms with E-state index in [4.69, 9.17) is 9.47 Å².